The molecule has 0 saturated heterocycles. The molecule has 1 unspecified atom stereocenters. The van der Waals surface area contributed by atoms with Gasteiger partial charge in [-0.15, -0.1) is 0 Å². The highest BCUT2D eigenvalue weighted by Gasteiger charge is 2.32. The average molecular weight is 257 g/mol. The van der Waals surface area contributed by atoms with Crippen molar-refractivity contribution in [3.05, 3.63) is 0 Å². The van der Waals surface area contributed by atoms with Crippen molar-refractivity contribution >= 4 is 5.97 Å². The number of ether oxygens (including phenoxy) is 1. The lowest BCUT2D eigenvalue weighted by atomic mass is 9.84. The van der Waals surface area contributed by atoms with Gasteiger partial charge in [-0.1, -0.05) is 51.9 Å². The molecule has 3 nitrogen and oxygen atoms in total. The summed E-state index contributed by atoms with van der Waals surface area (Å²) in [6.45, 7) is 6.80. The molecule has 1 atom stereocenters. The number of hydrogen-bond acceptors (Lipinski definition) is 3. The molecule has 0 fully saturated rings. The highest BCUT2D eigenvalue weighted by atomic mass is 16.5. The first-order chi connectivity index (χ1) is 8.60. The second-order valence-corrected chi connectivity index (χ2v) is 5.36. The van der Waals surface area contributed by atoms with E-state index in [0.29, 0.717) is 13.2 Å². The van der Waals surface area contributed by atoms with E-state index in [4.69, 9.17) is 10.5 Å². The largest absolute Gasteiger partial charge is 0.466 e. The van der Waals surface area contributed by atoms with Gasteiger partial charge < -0.3 is 10.5 Å². The summed E-state index contributed by atoms with van der Waals surface area (Å²) in [4.78, 5) is 11.8. The van der Waals surface area contributed by atoms with Gasteiger partial charge in [0.05, 0.1) is 12.0 Å². The first-order valence-corrected chi connectivity index (χ1v) is 7.48. The predicted octanol–water partition coefficient (Wildman–Crippen LogP) is 3.66. The Hall–Kier alpha value is -0.570. The number of carbonyl (C=O) groups excluding carboxylic acids is 1. The zero-order valence-corrected chi connectivity index (χ0v) is 12.5. The van der Waals surface area contributed by atoms with Crippen LogP contribution >= 0.6 is 0 Å². The maximum atomic E-state index is 11.8. The van der Waals surface area contributed by atoms with E-state index >= 15 is 0 Å². The van der Waals surface area contributed by atoms with Gasteiger partial charge in [0.2, 0.25) is 0 Å². The van der Waals surface area contributed by atoms with Crippen LogP contribution in [0, 0.1) is 5.41 Å². The third-order valence-corrected chi connectivity index (χ3v) is 3.55. The summed E-state index contributed by atoms with van der Waals surface area (Å²) in [6.07, 6.45) is 9.64. The van der Waals surface area contributed by atoms with Gasteiger partial charge in [0.25, 0.3) is 0 Å². The molecular weight excluding hydrogens is 226 g/mol. The van der Waals surface area contributed by atoms with Crippen LogP contribution < -0.4 is 5.73 Å². The van der Waals surface area contributed by atoms with Gasteiger partial charge in [-0.3, -0.25) is 4.79 Å². The summed E-state index contributed by atoms with van der Waals surface area (Å²) in [5.74, 6) is -0.140. The summed E-state index contributed by atoms with van der Waals surface area (Å²) in [6, 6.07) is 0. The Labute approximate surface area is 112 Å². The molecule has 0 bridgehead atoms. The van der Waals surface area contributed by atoms with Crippen molar-refractivity contribution in [1.82, 2.24) is 0 Å². The van der Waals surface area contributed by atoms with E-state index in [0.717, 1.165) is 12.8 Å². The molecule has 0 rings (SSSR count). The molecule has 0 radical (unpaired) electrons. The van der Waals surface area contributed by atoms with Gasteiger partial charge in [0, 0.05) is 6.54 Å². The molecule has 0 aliphatic carbocycles. The Balaban J connectivity index is 3.76. The van der Waals surface area contributed by atoms with Crippen molar-refractivity contribution in [2.24, 2.45) is 11.1 Å². The molecule has 0 aromatic rings. The minimum atomic E-state index is -0.487. The van der Waals surface area contributed by atoms with E-state index in [-0.39, 0.29) is 5.97 Å². The van der Waals surface area contributed by atoms with Gasteiger partial charge >= 0.3 is 5.97 Å². The van der Waals surface area contributed by atoms with Gasteiger partial charge in [-0.2, -0.15) is 0 Å². The predicted molar refractivity (Wildman–Crippen MR) is 76.4 cm³/mol. The van der Waals surface area contributed by atoms with E-state index in [1.54, 1.807) is 0 Å². The standard InChI is InChI=1S/C15H31NO2/c1-4-6-7-8-9-10-11-12-15(3,13-16)14(17)18-5-2/h4-13,16H2,1-3H3. The van der Waals surface area contributed by atoms with Crippen molar-refractivity contribution < 1.29 is 9.53 Å². The molecule has 0 aromatic heterocycles. The topological polar surface area (TPSA) is 52.3 Å². The fraction of sp³-hybridized carbons (Fsp3) is 0.933. The van der Waals surface area contributed by atoms with E-state index in [1.807, 2.05) is 13.8 Å². The molecule has 3 heteroatoms. The van der Waals surface area contributed by atoms with E-state index in [9.17, 15) is 4.79 Å². The SMILES string of the molecule is CCCCCCCCCC(C)(CN)C(=O)OCC. The molecule has 0 aliphatic heterocycles. The Kier molecular flexibility index (Phi) is 10.0. The summed E-state index contributed by atoms with van der Waals surface area (Å²) in [7, 11) is 0. The van der Waals surface area contributed by atoms with Crippen molar-refractivity contribution in [3.63, 3.8) is 0 Å². The third kappa shape index (κ3) is 7.00. The van der Waals surface area contributed by atoms with Crippen LogP contribution in [-0.4, -0.2) is 19.1 Å². The Morgan fingerprint density at radius 2 is 1.61 bits per heavy atom. The van der Waals surface area contributed by atoms with Gasteiger partial charge in [-0.25, -0.2) is 0 Å². The smallest absolute Gasteiger partial charge is 0.313 e. The fourth-order valence-corrected chi connectivity index (χ4v) is 2.07. The number of esters is 1. The third-order valence-electron chi connectivity index (χ3n) is 3.55. The normalized spacial score (nSPS) is 14.2. The highest BCUT2D eigenvalue weighted by Crippen LogP contribution is 2.25. The lowest BCUT2D eigenvalue weighted by molar-refractivity contribution is -0.154. The monoisotopic (exact) mass is 257 g/mol. The van der Waals surface area contributed by atoms with Crippen LogP contribution in [0.25, 0.3) is 0 Å². The van der Waals surface area contributed by atoms with E-state index in [1.165, 1.54) is 38.5 Å². The Morgan fingerprint density at radius 3 is 2.11 bits per heavy atom. The minimum absolute atomic E-state index is 0.140. The van der Waals surface area contributed by atoms with Gasteiger partial charge in [-0.05, 0) is 20.3 Å². The van der Waals surface area contributed by atoms with Crippen molar-refractivity contribution in [3.8, 4) is 0 Å². The number of nitrogens with two attached hydrogens (primary N) is 1. The van der Waals surface area contributed by atoms with E-state index < -0.39 is 5.41 Å². The molecule has 108 valence electrons. The molecular formula is C15H31NO2. The maximum absolute atomic E-state index is 11.8. The molecule has 0 spiro atoms. The van der Waals surface area contributed by atoms with Crippen LogP contribution in [0.1, 0.15) is 72.1 Å². The van der Waals surface area contributed by atoms with Crippen molar-refractivity contribution in [2.75, 3.05) is 13.2 Å². The Bertz CT molecular complexity index is 219. The average Bonchev–Trinajstić information content (AvgIpc) is 2.37. The minimum Gasteiger partial charge on any atom is -0.466 e. The second kappa shape index (κ2) is 10.4. The number of hydrogen-bond donors (Lipinski definition) is 1. The molecule has 0 heterocycles. The molecule has 0 aliphatic rings. The van der Waals surface area contributed by atoms with E-state index in [2.05, 4.69) is 6.92 Å². The van der Waals surface area contributed by atoms with Crippen molar-refractivity contribution in [1.29, 1.82) is 0 Å². The quantitative estimate of drug-likeness (QED) is 0.454. The van der Waals surface area contributed by atoms with Crippen LogP contribution in [0.15, 0.2) is 0 Å². The first-order valence-electron chi connectivity index (χ1n) is 7.48. The lowest BCUT2D eigenvalue weighted by Crippen LogP contribution is -2.37. The maximum Gasteiger partial charge on any atom is 0.313 e. The fourth-order valence-electron chi connectivity index (χ4n) is 2.07. The molecule has 0 amide bonds. The summed E-state index contributed by atoms with van der Waals surface area (Å²) >= 11 is 0. The Morgan fingerprint density at radius 1 is 1.06 bits per heavy atom. The molecule has 0 aromatic carbocycles. The second-order valence-electron chi connectivity index (χ2n) is 5.36. The number of unbranched alkanes of at least 4 members (excludes halogenated alkanes) is 6. The zero-order valence-electron chi connectivity index (χ0n) is 12.5. The van der Waals surface area contributed by atoms with Crippen LogP contribution in [-0.2, 0) is 9.53 Å². The number of rotatable bonds is 11. The highest BCUT2D eigenvalue weighted by molar-refractivity contribution is 5.76. The number of carbonyl (C=O) groups is 1. The lowest BCUT2D eigenvalue weighted by Gasteiger charge is -2.25. The molecule has 2 N–H and O–H groups in total. The van der Waals surface area contributed by atoms with Crippen LogP contribution in [0.5, 0.6) is 0 Å². The summed E-state index contributed by atoms with van der Waals surface area (Å²) in [5, 5.41) is 0. The first kappa shape index (κ1) is 17.4. The molecule has 0 saturated carbocycles. The zero-order chi connectivity index (χ0) is 13.9. The van der Waals surface area contributed by atoms with Crippen LogP contribution in [0.4, 0.5) is 0 Å². The molecule has 18 heavy (non-hydrogen) atoms. The summed E-state index contributed by atoms with van der Waals surface area (Å²) < 4.78 is 5.09. The van der Waals surface area contributed by atoms with Gasteiger partial charge in [0.1, 0.15) is 0 Å². The van der Waals surface area contributed by atoms with Crippen LogP contribution in [0.2, 0.25) is 0 Å². The van der Waals surface area contributed by atoms with Gasteiger partial charge in [0.15, 0.2) is 0 Å². The van der Waals surface area contributed by atoms with Crippen LogP contribution in [0.3, 0.4) is 0 Å². The van der Waals surface area contributed by atoms with Crippen molar-refractivity contribution in [2.45, 2.75) is 72.1 Å². The summed E-state index contributed by atoms with van der Waals surface area (Å²) in [5.41, 5.74) is 5.23.